The number of halogens is 1. The van der Waals surface area contributed by atoms with Crippen molar-refractivity contribution >= 4 is 36.4 Å². The third-order valence-corrected chi connectivity index (χ3v) is 4.29. The first-order chi connectivity index (χ1) is 10.8. The Morgan fingerprint density at radius 2 is 2.22 bits per heavy atom. The third kappa shape index (κ3) is 3.17. The molecule has 13 heteroatoms. The fourth-order valence-electron chi connectivity index (χ4n) is 2.29. The van der Waals surface area contributed by atoms with E-state index in [4.69, 9.17) is 22.1 Å². The Morgan fingerprint density at radius 3 is 2.91 bits per heavy atom. The number of aliphatic hydroxyl groups excluding tert-OH is 1. The number of aromatic nitrogens is 4. The van der Waals surface area contributed by atoms with Crippen molar-refractivity contribution in [3.63, 3.8) is 0 Å². The van der Waals surface area contributed by atoms with E-state index in [2.05, 4.69) is 19.5 Å². The van der Waals surface area contributed by atoms with Crippen molar-refractivity contribution in [1.82, 2.24) is 19.5 Å². The number of hydrogen-bond acceptors (Lipinski definition) is 10. The largest absolute Gasteiger partial charge is 0.790 e. The molecule has 126 valence electrons. The normalized spacial score (nSPS) is 28.5. The standard InChI is InChI=1S/C10H13ClN5O6P/c11-5-7(17)4(1-21-23(18,19)20)22-10(5)16-3-15-6-8(12)13-2-14-9(6)16/h2-5,7,10,17H,1H2,(H2,12,13,14)(H2,18,19,20)/p-2/t4-,5-,7-,10-/m1/s1. The number of nitrogens with two attached hydrogens (primary N) is 1. The van der Waals surface area contributed by atoms with Gasteiger partial charge in [0.1, 0.15) is 29.4 Å². The van der Waals surface area contributed by atoms with Crippen LogP contribution in [-0.2, 0) is 13.8 Å². The lowest BCUT2D eigenvalue weighted by Crippen LogP contribution is -2.32. The molecular formula is C10H11ClN5O6P-2. The summed E-state index contributed by atoms with van der Waals surface area (Å²) in [5, 5.41) is 9.08. The summed E-state index contributed by atoms with van der Waals surface area (Å²) in [7, 11) is -5.18. The molecule has 0 amide bonds. The van der Waals surface area contributed by atoms with Gasteiger partial charge in [-0.15, -0.1) is 11.6 Å². The second-order valence-corrected chi connectivity index (χ2v) is 6.48. The molecule has 3 rings (SSSR count). The second-order valence-electron chi connectivity index (χ2n) is 4.83. The van der Waals surface area contributed by atoms with Gasteiger partial charge in [0, 0.05) is 0 Å². The van der Waals surface area contributed by atoms with Crippen molar-refractivity contribution in [3.05, 3.63) is 12.7 Å². The number of ether oxygens (including phenoxy) is 1. The van der Waals surface area contributed by atoms with E-state index in [1.165, 1.54) is 17.2 Å². The Morgan fingerprint density at radius 1 is 1.48 bits per heavy atom. The van der Waals surface area contributed by atoms with Crippen LogP contribution in [0.1, 0.15) is 6.23 Å². The van der Waals surface area contributed by atoms with E-state index in [-0.39, 0.29) is 5.82 Å². The average molecular weight is 364 g/mol. The van der Waals surface area contributed by atoms with Crippen molar-refractivity contribution < 1.29 is 28.7 Å². The summed E-state index contributed by atoms with van der Waals surface area (Å²) in [6.45, 7) is -0.644. The smallest absolute Gasteiger partial charge is 0.167 e. The highest BCUT2D eigenvalue weighted by atomic mass is 35.5. The fraction of sp³-hybridized carbons (Fsp3) is 0.500. The zero-order chi connectivity index (χ0) is 16.8. The van der Waals surface area contributed by atoms with Crippen molar-refractivity contribution in [3.8, 4) is 0 Å². The minimum atomic E-state index is -5.18. The molecule has 11 nitrogen and oxygen atoms in total. The highest BCUT2D eigenvalue weighted by Gasteiger charge is 2.44. The predicted octanol–water partition coefficient (Wildman–Crippen LogP) is -1.88. The molecule has 0 radical (unpaired) electrons. The van der Waals surface area contributed by atoms with Crippen molar-refractivity contribution in [2.45, 2.75) is 23.8 Å². The molecule has 1 aliphatic heterocycles. The molecular weight excluding hydrogens is 353 g/mol. The van der Waals surface area contributed by atoms with E-state index in [9.17, 15) is 19.5 Å². The van der Waals surface area contributed by atoms with Gasteiger partial charge in [0.2, 0.25) is 0 Å². The van der Waals surface area contributed by atoms with Crippen LogP contribution in [0, 0.1) is 0 Å². The van der Waals surface area contributed by atoms with Crippen LogP contribution in [0.4, 0.5) is 5.82 Å². The van der Waals surface area contributed by atoms with Crippen LogP contribution < -0.4 is 15.5 Å². The van der Waals surface area contributed by atoms with Gasteiger partial charge < -0.3 is 34.5 Å². The van der Waals surface area contributed by atoms with Crippen LogP contribution in [-0.4, -0.2) is 48.8 Å². The van der Waals surface area contributed by atoms with Gasteiger partial charge in [-0.1, -0.05) is 0 Å². The summed E-state index contributed by atoms with van der Waals surface area (Å²) in [6, 6.07) is 0. The Balaban J connectivity index is 1.85. The van der Waals surface area contributed by atoms with Crippen LogP contribution in [0.5, 0.6) is 0 Å². The quantitative estimate of drug-likeness (QED) is 0.462. The number of rotatable bonds is 4. The van der Waals surface area contributed by atoms with Gasteiger partial charge >= 0.3 is 0 Å². The zero-order valence-electron chi connectivity index (χ0n) is 11.4. The minimum Gasteiger partial charge on any atom is -0.790 e. The molecule has 2 aromatic rings. The Hall–Kier alpha value is -1.33. The number of nitrogen functional groups attached to an aromatic ring is 1. The first-order valence-corrected chi connectivity index (χ1v) is 8.25. The van der Waals surface area contributed by atoms with E-state index < -0.39 is 38.2 Å². The summed E-state index contributed by atoms with van der Waals surface area (Å²) in [6.07, 6.45) is -0.675. The maximum atomic E-state index is 10.5. The van der Waals surface area contributed by atoms with Crippen LogP contribution in [0.15, 0.2) is 12.7 Å². The topological polar surface area (TPSA) is 172 Å². The first kappa shape index (κ1) is 16.5. The van der Waals surface area contributed by atoms with E-state index in [1.54, 1.807) is 0 Å². The monoisotopic (exact) mass is 363 g/mol. The zero-order valence-corrected chi connectivity index (χ0v) is 13.0. The summed E-state index contributed by atoms with van der Waals surface area (Å²) >= 11 is 6.13. The first-order valence-electron chi connectivity index (χ1n) is 6.35. The maximum Gasteiger partial charge on any atom is 0.167 e. The number of aliphatic hydroxyl groups is 1. The number of fused-ring (bicyclic) bond motifs is 1. The number of phosphoric acid groups is 1. The number of alkyl halides is 1. The highest BCUT2D eigenvalue weighted by molar-refractivity contribution is 7.43. The number of imidazole rings is 1. The fourth-order valence-corrected chi connectivity index (χ4v) is 2.96. The van der Waals surface area contributed by atoms with Crippen LogP contribution in [0.2, 0.25) is 0 Å². The maximum absolute atomic E-state index is 10.5. The van der Waals surface area contributed by atoms with Gasteiger partial charge in [0.25, 0.3) is 0 Å². The van der Waals surface area contributed by atoms with Crippen LogP contribution in [0.25, 0.3) is 11.2 Å². The predicted molar refractivity (Wildman–Crippen MR) is 72.9 cm³/mol. The summed E-state index contributed by atoms with van der Waals surface area (Å²) in [4.78, 5) is 32.9. The molecule has 2 aromatic heterocycles. The van der Waals surface area contributed by atoms with E-state index in [0.717, 1.165) is 0 Å². The van der Waals surface area contributed by atoms with Gasteiger partial charge in [-0.2, -0.15) is 0 Å². The minimum absolute atomic E-state index is 0.164. The molecule has 0 saturated carbocycles. The SMILES string of the molecule is Nc1ncnc2c1ncn2[C@@H]1O[C@H](COP(=O)([O-])[O-])[C@@H](O)[C@H]1Cl. The number of nitrogens with zero attached hydrogens (tertiary/aromatic N) is 4. The van der Waals surface area contributed by atoms with E-state index in [0.29, 0.717) is 11.2 Å². The van der Waals surface area contributed by atoms with E-state index >= 15 is 0 Å². The van der Waals surface area contributed by atoms with Crippen molar-refractivity contribution in [2.75, 3.05) is 12.3 Å². The lowest BCUT2D eigenvalue weighted by atomic mass is 10.2. The molecule has 4 atom stereocenters. The lowest BCUT2D eigenvalue weighted by Gasteiger charge is -2.30. The van der Waals surface area contributed by atoms with Gasteiger partial charge in [0.15, 0.2) is 17.7 Å². The summed E-state index contributed by atoms with van der Waals surface area (Å²) in [5.74, 6) is 0.164. The molecule has 0 bridgehead atoms. The molecule has 0 unspecified atom stereocenters. The summed E-state index contributed by atoms with van der Waals surface area (Å²) < 4.78 is 21.6. The van der Waals surface area contributed by atoms with Gasteiger partial charge in [-0.3, -0.25) is 4.57 Å². The molecule has 0 aromatic carbocycles. The van der Waals surface area contributed by atoms with Crippen LogP contribution >= 0.6 is 19.4 Å². The van der Waals surface area contributed by atoms with Gasteiger partial charge in [-0.25, -0.2) is 15.0 Å². The van der Waals surface area contributed by atoms with Crippen molar-refractivity contribution in [2.24, 2.45) is 0 Å². The molecule has 3 heterocycles. The third-order valence-electron chi connectivity index (χ3n) is 3.35. The number of phosphoric ester groups is 1. The van der Waals surface area contributed by atoms with Crippen LogP contribution in [0.3, 0.4) is 0 Å². The molecule has 1 saturated heterocycles. The molecule has 1 aliphatic rings. The Bertz CT molecular complexity index is 767. The lowest BCUT2D eigenvalue weighted by molar-refractivity contribution is -0.343. The average Bonchev–Trinajstić information content (AvgIpc) is 3.01. The summed E-state index contributed by atoms with van der Waals surface area (Å²) in [5.41, 5.74) is 6.35. The Labute approximate surface area is 134 Å². The molecule has 0 spiro atoms. The second kappa shape index (κ2) is 5.95. The molecule has 3 N–H and O–H groups in total. The molecule has 0 aliphatic carbocycles. The Kier molecular flexibility index (Phi) is 4.27. The highest BCUT2D eigenvalue weighted by Crippen LogP contribution is 2.37. The van der Waals surface area contributed by atoms with Gasteiger partial charge in [-0.05, 0) is 0 Å². The van der Waals surface area contributed by atoms with Gasteiger partial charge in [0.05, 0.1) is 20.8 Å². The van der Waals surface area contributed by atoms with Crippen molar-refractivity contribution in [1.29, 1.82) is 0 Å². The molecule has 1 fully saturated rings. The molecule has 23 heavy (non-hydrogen) atoms. The van der Waals surface area contributed by atoms with E-state index in [1.807, 2.05) is 0 Å². The number of anilines is 1. The number of hydrogen-bond donors (Lipinski definition) is 2.